The number of H-pyrrole nitrogens is 1. The molecule has 6 nitrogen and oxygen atoms in total. The van der Waals surface area contributed by atoms with Gasteiger partial charge in [-0.15, -0.1) is 0 Å². The van der Waals surface area contributed by atoms with Crippen LogP contribution in [-0.2, 0) is 16.0 Å². The Morgan fingerprint density at radius 3 is 2.71 bits per heavy atom. The highest BCUT2D eigenvalue weighted by atomic mass is 16.4. The molecule has 1 amide bonds. The van der Waals surface area contributed by atoms with Crippen molar-refractivity contribution in [3.8, 4) is 0 Å². The molecule has 1 heterocycles. The van der Waals surface area contributed by atoms with Gasteiger partial charge in [0.25, 0.3) is 0 Å². The fourth-order valence-electron chi connectivity index (χ4n) is 3.01. The second-order valence-electron chi connectivity index (χ2n) is 5.90. The number of rotatable bonds is 6. The van der Waals surface area contributed by atoms with E-state index in [0.717, 1.165) is 37.8 Å². The molecule has 1 aromatic heterocycles. The number of amides is 1. The van der Waals surface area contributed by atoms with Crippen molar-refractivity contribution in [2.75, 3.05) is 5.32 Å². The van der Waals surface area contributed by atoms with Gasteiger partial charge in [0.2, 0.25) is 5.91 Å². The van der Waals surface area contributed by atoms with E-state index >= 15 is 0 Å². The van der Waals surface area contributed by atoms with Crippen LogP contribution in [0.3, 0.4) is 0 Å². The highest BCUT2D eigenvalue weighted by Gasteiger charge is 2.41. The van der Waals surface area contributed by atoms with E-state index in [1.54, 1.807) is 6.07 Å². The van der Waals surface area contributed by atoms with Crippen LogP contribution < -0.4 is 5.32 Å². The molecule has 0 bridgehead atoms. The largest absolute Gasteiger partial charge is 0.481 e. The van der Waals surface area contributed by atoms with Crippen molar-refractivity contribution in [1.82, 2.24) is 10.2 Å². The van der Waals surface area contributed by atoms with E-state index in [0.29, 0.717) is 18.7 Å². The molecule has 1 aromatic rings. The fourth-order valence-corrected chi connectivity index (χ4v) is 3.01. The third-order valence-electron chi connectivity index (χ3n) is 4.18. The SMILES string of the molecule is CCCc1cc(NC(=O)CC2(C(=O)O)CCCCC2)n[nH]1. The zero-order valence-electron chi connectivity index (χ0n) is 12.4. The predicted molar refractivity (Wildman–Crippen MR) is 79.0 cm³/mol. The second-order valence-corrected chi connectivity index (χ2v) is 5.90. The van der Waals surface area contributed by atoms with Crippen LogP contribution in [0.2, 0.25) is 0 Å². The number of hydrogen-bond acceptors (Lipinski definition) is 3. The van der Waals surface area contributed by atoms with Crippen molar-refractivity contribution in [3.63, 3.8) is 0 Å². The number of carboxylic acid groups (broad SMARTS) is 1. The molecule has 1 saturated carbocycles. The van der Waals surface area contributed by atoms with E-state index in [2.05, 4.69) is 22.4 Å². The van der Waals surface area contributed by atoms with Gasteiger partial charge in [-0.25, -0.2) is 0 Å². The maximum absolute atomic E-state index is 12.1. The number of nitrogens with zero attached hydrogens (tertiary/aromatic N) is 1. The molecule has 1 aliphatic rings. The van der Waals surface area contributed by atoms with Gasteiger partial charge < -0.3 is 10.4 Å². The number of carboxylic acids is 1. The number of hydrogen-bond donors (Lipinski definition) is 3. The number of aliphatic carboxylic acids is 1. The van der Waals surface area contributed by atoms with Crippen LogP contribution in [0, 0.1) is 5.41 Å². The quantitative estimate of drug-likeness (QED) is 0.751. The van der Waals surface area contributed by atoms with Gasteiger partial charge in [-0.2, -0.15) is 5.10 Å². The molecule has 1 fully saturated rings. The molecule has 3 N–H and O–H groups in total. The van der Waals surface area contributed by atoms with Crippen LogP contribution >= 0.6 is 0 Å². The Balaban J connectivity index is 1.97. The Bertz CT molecular complexity index is 504. The third kappa shape index (κ3) is 3.83. The summed E-state index contributed by atoms with van der Waals surface area (Å²) < 4.78 is 0. The Kier molecular flexibility index (Phi) is 4.98. The topological polar surface area (TPSA) is 95.1 Å². The lowest BCUT2D eigenvalue weighted by atomic mass is 9.71. The highest BCUT2D eigenvalue weighted by Crippen LogP contribution is 2.39. The average Bonchev–Trinajstić information content (AvgIpc) is 2.87. The first-order valence-corrected chi connectivity index (χ1v) is 7.63. The molecular weight excluding hydrogens is 270 g/mol. The molecule has 0 spiro atoms. The van der Waals surface area contributed by atoms with Gasteiger partial charge in [-0.1, -0.05) is 32.6 Å². The Hall–Kier alpha value is -1.85. The molecule has 2 rings (SSSR count). The summed E-state index contributed by atoms with van der Waals surface area (Å²) in [5.41, 5.74) is 0.0728. The summed E-state index contributed by atoms with van der Waals surface area (Å²) in [4.78, 5) is 23.7. The Labute approximate surface area is 124 Å². The third-order valence-corrected chi connectivity index (χ3v) is 4.18. The number of carbonyl (C=O) groups is 2. The zero-order valence-corrected chi connectivity index (χ0v) is 12.4. The zero-order chi connectivity index (χ0) is 15.3. The average molecular weight is 293 g/mol. The summed E-state index contributed by atoms with van der Waals surface area (Å²) in [6, 6.07) is 1.80. The minimum Gasteiger partial charge on any atom is -0.481 e. The van der Waals surface area contributed by atoms with E-state index in [9.17, 15) is 14.7 Å². The lowest BCUT2D eigenvalue weighted by Gasteiger charge is -2.32. The van der Waals surface area contributed by atoms with E-state index in [1.165, 1.54) is 0 Å². The van der Waals surface area contributed by atoms with E-state index < -0.39 is 11.4 Å². The minimum atomic E-state index is -0.898. The summed E-state index contributed by atoms with van der Waals surface area (Å²) in [5.74, 6) is -0.653. The first kappa shape index (κ1) is 15.5. The summed E-state index contributed by atoms with van der Waals surface area (Å²) >= 11 is 0. The van der Waals surface area contributed by atoms with Gasteiger partial charge >= 0.3 is 5.97 Å². The monoisotopic (exact) mass is 293 g/mol. The molecular formula is C15H23N3O3. The van der Waals surface area contributed by atoms with Gasteiger partial charge in [0.15, 0.2) is 5.82 Å². The van der Waals surface area contributed by atoms with Gasteiger partial charge in [0, 0.05) is 18.2 Å². The molecule has 116 valence electrons. The number of anilines is 1. The predicted octanol–water partition coefficient (Wildman–Crippen LogP) is 2.73. The van der Waals surface area contributed by atoms with Crippen LogP contribution in [0.4, 0.5) is 5.82 Å². The maximum atomic E-state index is 12.1. The number of nitrogens with one attached hydrogen (secondary N) is 2. The molecule has 0 atom stereocenters. The van der Waals surface area contributed by atoms with Gasteiger partial charge in [-0.3, -0.25) is 14.7 Å². The number of aryl methyl sites for hydroxylation is 1. The smallest absolute Gasteiger partial charge is 0.310 e. The molecule has 0 radical (unpaired) electrons. The van der Waals surface area contributed by atoms with Crippen molar-refractivity contribution in [3.05, 3.63) is 11.8 Å². The summed E-state index contributed by atoms with van der Waals surface area (Å²) in [7, 11) is 0. The van der Waals surface area contributed by atoms with Gasteiger partial charge in [0.1, 0.15) is 0 Å². The van der Waals surface area contributed by atoms with Crippen LogP contribution in [0.5, 0.6) is 0 Å². The van der Waals surface area contributed by atoms with Crippen LogP contribution in [0.1, 0.15) is 57.6 Å². The number of carbonyl (C=O) groups excluding carboxylic acids is 1. The molecule has 0 aliphatic heterocycles. The normalized spacial score (nSPS) is 17.4. The maximum Gasteiger partial charge on any atom is 0.310 e. The summed E-state index contributed by atoms with van der Waals surface area (Å²) in [6.07, 6.45) is 5.87. The van der Waals surface area contributed by atoms with Crippen LogP contribution in [0.25, 0.3) is 0 Å². The Morgan fingerprint density at radius 2 is 2.10 bits per heavy atom. The van der Waals surface area contributed by atoms with Crippen LogP contribution in [-0.4, -0.2) is 27.2 Å². The second kappa shape index (κ2) is 6.74. The first-order chi connectivity index (χ1) is 10.1. The molecule has 0 unspecified atom stereocenters. The molecule has 6 heteroatoms. The van der Waals surface area contributed by atoms with Crippen molar-refractivity contribution < 1.29 is 14.7 Å². The lowest BCUT2D eigenvalue weighted by molar-refractivity contribution is -0.153. The van der Waals surface area contributed by atoms with E-state index in [4.69, 9.17) is 0 Å². The molecule has 0 aromatic carbocycles. The standard InChI is InChI=1S/C15H23N3O3/c1-2-6-11-9-12(18-17-11)16-13(19)10-15(14(20)21)7-4-3-5-8-15/h9H,2-8,10H2,1H3,(H,20,21)(H2,16,17,18,19). The van der Waals surface area contributed by atoms with Crippen molar-refractivity contribution in [1.29, 1.82) is 0 Å². The molecule has 0 saturated heterocycles. The van der Waals surface area contributed by atoms with Gasteiger partial charge in [0.05, 0.1) is 5.41 Å². The van der Waals surface area contributed by atoms with Crippen LogP contribution in [0.15, 0.2) is 6.07 Å². The minimum absolute atomic E-state index is 0.0261. The van der Waals surface area contributed by atoms with E-state index in [1.807, 2.05) is 0 Å². The summed E-state index contributed by atoms with van der Waals surface area (Å²) in [5, 5.41) is 19.1. The van der Waals surface area contributed by atoms with Crippen molar-refractivity contribution in [2.24, 2.45) is 5.41 Å². The van der Waals surface area contributed by atoms with Gasteiger partial charge in [-0.05, 0) is 19.3 Å². The highest BCUT2D eigenvalue weighted by molar-refractivity contribution is 5.93. The molecule has 21 heavy (non-hydrogen) atoms. The van der Waals surface area contributed by atoms with E-state index in [-0.39, 0.29) is 12.3 Å². The first-order valence-electron chi connectivity index (χ1n) is 7.63. The summed E-state index contributed by atoms with van der Waals surface area (Å²) in [6.45, 7) is 2.07. The Morgan fingerprint density at radius 1 is 1.38 bits per heavy atom. The number of aromatic nitrogens is 2. The fraction of sp³-hybridized carbons (Fsp3) is 0.667. The van der Waals surface area contributed by atoms with Crippen molar-refractivity contribution in [2.45, 2.75) is 58.3 Å². The number of aromatic amines is 1. The van der Waals surface area contributed by atoms with Crippen molar-refractivity contribution >= 4 is 17.7 Å². The lowest BCUT2D eigenvalue weighted by Crippen LogP contribution is -2.37. The molecule has 1 aliphatic carbocycles.